The zero-order chi connectivity index (χ0) is 22.9. The predicted molar refractivity (Wildman–Crippen MR) is 126 cm³/mol. The summed E-state index contributed by atoms with van der Waals surface area (Å²) in [6.45, 7) is 7.82. The minimum atomic E-state index is -0.243. The van der Waals surface area contributed by atoms with Crippen LogP contribution in [-0.2, 0) is 4.74 Å². The monoisotopic (exact) mass is 455 g/mol. The van der Waals surface area contributed by atoms with Gasteiger partial charge in [0.25, 0.3) is 0 Å². The third kappa shape index (κ3) is 4.45. The van der Waals surface area contributed by atoms with Gasteiger partial charge in [-0.25, -0.2) is 13.9 Å². The van der Waals surface area contributed by atoms with E-state index >= 15 is 4.39 Å². The first-order valence-corrected chi connectivity index (χ1v) is 12.3. The minimum absolute atomic E-state index is 0.0228. The summed E-state index contributed by atoms with van der Waals surface area (Å²) in [5, 5.41) is 4.45. The lowest BCUT2D eigenvalue weighted by Crippen LogP contribution is -2.61. The van der Waals surface area contributed by atoms with Crippen LogP contribution in [0.2, 0.25) is 0 Å². The molecule has 2 aromatic rings. The number of likely N-dealkylation sites (tertiary alicyclic amines) is 1. The second-order valence-corrected chi connectivity index (χ2v) is 9.68. The summed E-state index contributed by atoms with van der Waals surface area (Å²) < 4.78 is 22.9. The molecule has 3 aliphatic rings. The van der Waals surface area contributed by atoms with E-state index in [1.54, 1.807) is 12.3 Å². The Bertz CT molecular complexity index is 971. The maximum Gasteiger partial charge on any atom is 0.320 e. The lowest BCUT2D eigenvalue weighted by Gasteiger charge is -2.46. The molecule has 3 saturated heterocycles. The zero-order valence-corrected chi connectivity index (χ0v) is 19.6. The largest absolute Gasteiger partial charge is 0.365 e. The van der Waals surface area contributed by atoms with Crippen molar-refractivity contribution < 1.29 is 13.9 Å². The van der Waals surface area contributed by atoms with E-state index < -0.39 is 0 Å². The fourth-order valence-electron chi connectivity index (χ4n) is 5.49. The average Bonchev–Trinajstić information content (AvgIpc) is 3.52. The van der Waals surface area contributed by atoms with Gasteiger partial charge in [0, 0.05) is 56.6 Å². The fourth-order valence-corrected chi connectivity index (χ4v) is 5.49. The van der Waals surface area contributed by atoms with Crippen LogP contribution in [0.3, 0.4) is 0 Å². The van der Waals surface area contributed by atoms with Crippen molar-refractivity contribution in [3.05, 3.63) is 36.4 Å². The van der Waals surface area contributed by atoms with Gasteiger partial charge in [-0.2, -0.15) is 5.10 Å². The number of hydrogen-bond acceptors (Lipinski definition) is 4. The Morgan fingerprint density at radius 1 is 1.06 bits per heavy atom. The number of anilines is 1. The Morgan fingerprint density at radius 3 is 2.48 bits per heavy atom. The van der Waals surface area contributed by atoms with E-state index in [0.29, 0.717) is 18.8 Å². The summed E-state index contributed by atoms with van der Waals surface area (Å²) in [5.41, 5.74) is 2.29. The summed E-state index contributed by atoms with van der Waals surface area (Å²) >= 11 is 0. The number of ether oxygens (including phenoxy) is 1. The molecule has 2 amide bonds. The first kappa shape index (κ1) is 22.2. The third-order valence-electron chi connectivity index (χ3n) is 7.19. The van der Waals surface area contributed by atoms with Crippen molar-refractivity contribution in [2.45, 2.75) is 64.3 Å². The van der Waals surface area contributed by atoms with Crippen LogP contribution in [0, 0.1) is 5.82 Å². The number of hydrogen-bond donors (Lipinski definition) is 0. The molecule has 0 saturated carbocycles. The van der Waals surface area contributed by atoms with Crippen molar-refractivity contribution in [2.24, 2.45) is 0 Å². The summed E-state index contributed by atoms with van der Waals surface area (Å²) in [4.78, 5) is 19.0. The van der Waals surface area contributed by atoms with Gasteiger partial charge >= 0.3 is 6.03 Å². The lowest BCUT2D eigenvalue weighted by atomic mass is 10.0. The van der Waals surface area contributed by atoms with Crippen LogP contribution in [0.1, 0.15) is 52.2 Å². The van der Waals surface area contributed by atoms with Crippen LogP contribution in [0.15, 0.2) is 30.6 Å². The number of piperazine rings is 1. The highest BCUT2D eigenvalue weighted by Crippen LogP contribution is 2.31. The lowest BCUT2D eigenvalue weighted by molar-refractivity contribution is -0.0394. The number of carbonyl (C=O) groups excluding carboxylic acids is 1. The Morgan fingerprint density at radius 2 is 1.82 bits per heavy atom. The molecule has 3 aliphatic heterocycles. The first-order chi connectivity index (χ1) is 16.0. The Labute approximate surface area is 195 Å². The highest BCUT2D eigenvalue weighted by molar-refractivity contribution is 5.76. The van der Waals surface area contributed by atoms with E-state index in [9.17, 15) is 4.79 Å². The second-order valence-electron chi connectivity index (χ2n) is 9.68. The Balaban J connectivity index is 1.29. The molecular formula is C25H34FN5O2. The summed E-state index contributed by atoms with van der Waals surface area (Å²) in [5.74, 6) is -0.243. The van der Waals surface area contributed by atoms with Gasteiger partial charge < -0.3 is 19.4 Å². The molecular weight excluding hydrogens is 421 g/mol. The van der Waals surface area contributed by atoms with E-state index in [-0.39, 0.29) is 30.2 Å². The van der Waals surface area contributed by atoms with Crippen molar-refractivity contribution >= 4 is 11.7 Å². The van der Waals surface area contributed by atoms with Crippen molar-refractivity contribution in [3.63, 3.8) is 0 Å². The standard InChI is InChI=1S/C25H34FN5O2/c1-18-15-29(16-19(2)31(18)25(32)28-10-4-5-11-28)23-9-8-20(13-22(23)26)21-14-27-30(17-21)24-7-3-6-12-33-24/h8-9,13-14,17-19,24H,3-7,10-12,15-16H2,1-2H3. The van der Waals surface area contributed by atoms with E-state index in [1.807, 2.05) is 32.8 Å². The molecule has 3 unspecified atom stereocenters. The van der Waals surface area contributed by atoms with Gasteiger partial charge in [-0.3, -0.25) is 0 Å². The number of halogens is 1. The van der Waals surface area contributed by atoms with Gasteiger partial charge in [-0.1, -0.05) is 6.07 Å². The smallest absolute Gasteiger partial charge is 0.320 e. The second kappa shape index (κ2) is 9.33. The maximum absolute atomic E-state index is 15.3. The summed E-state index contributed by atoms with van der Waals surface area (Å²) in [6, 6.07) is 5.58. The molecule has 0 spiro atoms. The van der Waals surface area contributed by atoms with Crippen LogP contribution in [0.25, 0.3) is 11.1 Å². The van der Waals surface area contributed by atoms with Crippen molar-refractivity contribution in [1.82, 2.24) is 19.6 Å². The van der Waals surface area contributed by atoms with Crippen LogP contribution in [0.4, 0.5) is 14.9 Å². The molecule has 7 nitrogen and oxygen atoms in total. The number of carbonyl (C=O) groups is 1. The van der Waals surface area contributed by atoms with Crippen LogP contribution in [0.5, 0.6) is 0 Å². The van der Waals surface area contributed by atoms with Crippen LogP contribution < -0.4 is 4.90 Å². The fraction of sp³-hybridized carbons (Fsp3) is 0.600. The molecule has 4 heterocycles. The molecule has 33 heavy (non-hydrogen) atoms. The molecule has 1 aromatic heterocycles. The van der Waals surface area contributed by atoms with Gasteiger partial charge in [0.05, 0.1) is 11.9 Å². The SMILES string of the molecule is CC1CN(c2ccc(-c3cnn(C4CCCCO4)c3)cc2F)CC(C)N1C(=O)N1CCCC1. The predicted octanol–water partition coefficient (Wildman–Crippen LogP) is 4.50. The Hall–Kier alpha value is -2.61. The first-order valence-electron chi connectivity index (χ1n) is 12.3. The van der Waals surface area contributed by atoms with E-state index in [1.165, 1.54) is 0 Å². The highest BCUT2D eigenvalue weighted by atomic mass is 19.1. The summed E-state index contributed by atoms with van der Waals surface area (Å²) in [7, 11) is 0. The number of rotatable bonds is 3. The van der Waals surface area contributed by atoms with Crippen molar-refractivity contribution in [2.75, 3.05) is 37.7 Å². The molecule has 3 atom stereocenters. The van der Waals surface area contributed by atoms with E-state index in [0.717, 1.165) is 62.9 Å². The molecule has 178 valence electrons. The highest BCUT2D eigenvalue weighted by Gasteiger charge is 2.36. The average molecular weight is 456 g/mol. The maximum atomic E-state index is 15.3. The topological polar surface area (TPSA) is 53.8 Å². The van der Waals surface area contributed by atoms with Gasteiger partial charge in [0.2, 0.25) is 0 Å². The van der Waals surface area contributed by atoms with Crippen molar-refractivity contribution in [1.29, 1.82) is 0 Å². The van der Waals surface area contributed by atoms with Gasteiger partial charge in [-0.05, 0) is 63.6 Å². The van der Waals surface area contributed by atoms with Gasteiger partial charge in [0.1, 0.15) is 12.0 Å². The molecule has 0 N–H and O–H groups in total. The molecule has 0 radical (unpaired) electrons. The third-order valence-corrected chi connectivity index (χ3v) is 7.19. The van der Waals surface area contributed by atoms with E-state index in [2.05, 4.69) is 23.8 Å². The molecule has 0 bridgehead atoms. The van der Waals surface area contributed by atoms with Gasteiger partial charge in [-0.15, -0.1) is 0 Å². The van der Waals surface area contributed by atoms with Crippen LogP contribution >= 0.6 is 0 Å². The summed E-state index contributed by atoms with van der Waals surface area (Å²) in [6.07, 6.45) is 9.04. The number of nitrogens with zero attached hydrogens (tertiary/aromatic N) is 5. The number of benzene rings is 1. The van der Waals surface area contributed by atoms with Crippen molar-refractivity contribution in [3.8, 4) is 11.1 Å². The molecule has 8 heteroatoms. The number of aromatic nitrogens is 2. The number of amides is 2. The zero-order valence-electron chi connectivity index (χ0n) is 19.6. The quantitative estimate of drug-likeness (QED) is 0.684. The molecule has 3 fully saturated rings. The van der Waals surface area contributed by atoms with Gasteiger partial charge in [0.15, 0.2) is 0 Å². The minimum Gasteiger partial charge on any atom is -0.365 e. The van der Waals surface area contributed by atoms with E-state index in [4.69, 9.17) is 4.74 Å². The van der Waals surface area contributed by atoms with Crippen LogP contribution in [-0.4, -0.2) is 70.5 Å². The molecule has 0 aliphatic carbocycles. The Kier molecular flexibility index (Phi) is 6.27. The number of urea groups is 1. The molecule has 1 aromatic carbocycles. The normalized spacial score (nSPS) is 26.2. The molecule has 5 rings (SSSR count).